The molecule has 0 spiro atoms. The van der Waals surface area contributed by atoms with Gasteiger partial charge in [0.25, 0.3) is 0 Å². The van der Waals surface area contributed by atoms with E-state index in [1.165, 1.54) is 0 Å². The van der Waals surface area contributed by atoms with Crippen LogP contribution in [0.2, 0.25) is 0 Å². The Balaban J connectivity index is 2.22. The van der Waals surface area contributed by atoms with Crippen LogP contribution in [0.25, 0.3) is 0 Å². The van der Waals surface area contributed by atoms with Crippen LogP contribution >= 0.6 is 22.6 Å². The fourth-order valence-corrected chi connectivity index (χ4v) is 3.21. The Labute approximate surface area is 128 Å². The van der Waals surface area contributed by atoms with Gasteiger partial charge in [0.1, 0.15) is 5.82 Å². The van der Waals surface area contributed by atoms with Gasteiger partial charge in [-0.2, -0.15) is 0 Å². The Morgan fingerprint density at radius 3 is 2.79 bits per heavy atom. The molecule has 1 heterocycles. The first kappa shape index (κ1) is 15.2. The van der Waals surface area contributed by atoms with Gasteiger partial charge in [-0.05, 0) is 47.2 Å². The quantitative estimate of drug-likeness (QED) is 0.791. The number of benzene rings is 1. The molecule has 1 atom stereocenters. The van der Waals surface area contributed by atoms with Gasteiger partial charge in [0.05, 0.1) is 0 Å². The van der Waals surface area contributed by atoms with E-state index in [0.717, 1.165) is 54.6 Å². The molecule has 0 bridgehead atoms. The smallest absolute Gasteiger partial charge is 0.128 e. The van der Waals surface area contributed by atoms with E-state index in [0.29, 0.717) is 0 Å². The van der Waals surface area contributed by atoms with Gasteiger partial charge >= 0.3 is 0 Å². The summed E-state index contributed by atoms with van der Waals surface area (Å²) < 4.78 is 15.3. The zero-order valence-corrected chi connectivity index (χ0v) is 13.6. The Bertz CT molecular complexity index is 405. The lowest BCUT2D eigenvalue weighted by Crippen LogP contribution is -2.45. The largest absolute Gasteiger partial charge is 0.314 e. The number of rotatable bonds is 5. The zero-order valence-electron chi connectivity index (χ0n) is 11.5. The van der Waals surface area contributed by atoms with Crippen molar-refractivity contribution in [2.75, 3.05) is 26.2 Å². The van der Waals surface area contributed by atoms with Crippen molar-refractivity contribution in [2.24, 2.45) is 0 Å². The van der Waals surface area contributed by atoms with Crippen LogP contribution in [0, 0.1) is 9.39 Å². The summed E-state index contributed by atoms with van der Waals surface area (Å²) in [5.74, 6) is -0.0555. The van der Waals surface area contributed by atoms with E-state index in [1.54, 1.807) is 6.07 Å². The number of hydrogen-bond acceptors (Lipinski definition) is 2. The highest BCUT2D eigenvalue weighted by molar-refractivity contribution is 14.1. The Morgan fingerprint density at radius 2 is 2.11 bits per heavy atom. The Kier molecular flexibility index (Phi) is 6.04. The summed E-state index contributed by atoms with van der Waals surface area (Å²) in [4.78, 5) is 2.43. The zero-order chi connectivity index (χ0) is 13.7. The average molecular weight is 376 g/mol. The van der Waals surface area contributed by atoms with Crippen LogP contribution < -0.4 is 5.32 Å². The predicted octanol–water partition coefficient (Wildman–Crippen LogP) is 3.57. The van der Waals surface area contributed by atoms with Crippen LogP contribution in [0.5, 0.6) is 0 Å². The second-order valence-corrected chi connectivity index (χ2v) is 6.36. The molecule has 1 aliphatic heterocycles. The minimum atomic E-state index is -0.0555. The molecule has 0 aromatic heterocycles. The fraction of sp³-hybridized carbons (Fsp3) is 0.600. The molecule has 19 heavy (non-hydrogen) atoms. The summed E-state index contributed by atoms with van der Waals surface area (Å²) in [5.41, 5.74) is 0.877. The molecule has 0 aliphatic carbocycles. The highest BCUT2D eigenvalue weighted by Gasteiger charge is 2.24. The summed E-state index contributed by atoms with van der Waals surface area (Å²) in [6, 6.07) is 5.70. The topological polar surface area (TPSA) is 15.3 Å². The van der Waals surface area contributed by atoms with Crippen molar-refractivity contribution in [2.45, 2.75) is 32.2 Å². The summed E-state index contributed by atoms with van der Waals surface area (Å²) in [5, 5.41) is 3.37. The van der Waals surface area contributed by atoms with Crippen LogP contribution in [0.1, 0.15) is 37.8 Å². The molecule has 2 rings (SSSR count). The molecule has 1 aromatic rings. The predicted molar refractivity (Wildman–Crippen MR) is 85.8 cm³/mol. The molecular formula is C15H22FIN2. The highest BCUT2D eigenvalue weighted by atomic mass is 127. The summed E-state index contributed by atoms with van der Waals surface area (Å²) in [6.45, 7) is 6.24. The third kappa shape index (κ3) is 4.13. The third-order valence-corrected chi connectivity index (χ3v) is 4.41. The van der Waals surface area contributed by atoms with Gasteiger partial charge in [0.2, 0.25) is 0 Å². The molecule has 4 heteroatoms. The van der Waals surface area contributed by atoms with Gasteiger partial charge < -0.3 is 5.32 Å². The van der Waals surface area contributed by atoms with Gasteiger partial charge in [-0.1, -0.05) is 19.8 Å². The monoisotopic (exact) mass is 376 g/mol. The average Bonchev–Trinajstić information content (AvgIpc) is 2.44. The Hall–Kier alpha value is -0.200. The van der Waals surface area contributed by atoms with Crippen molar-refractivity contribution in [3.8, 4) is 0 Å². The van der Waals surface area contributed by atoms with Gasteiger partial charge in [-0.3, -0.25) is 4.90 Å². The summed E-state index contributed by atoms with van der Waals surface area (Å²) in [7, 11) is 0. The third-order valence-electron chi connectivity index (χ3n) is 3.74. The lowest BCUT2D eigenvalue weighted by molar-refractivity contribution is 0.160. The lowest BCUT2D eigenvalue weighted by Gasteiger charge is -2.35. The molecule has 0 amide bonds. The lowest BCUT2D eigenvalue weighted by atomic mass is 9.98. The minimum Gasteiger partial charge on any atom is -0.314 e. The van der Waals surface area contributed by atoms with E-state index in [9.17, 15) is 4.39 Å². The molecule has 106 valence electrons. The summed E-state index contributed by atoms with van der Waals surface area (Å²) in [6.07, 6.45) is 3.36. The molecule has 1 N–H and O–H groups in total. The summed E-state index contributed by atoms with van der Waals surface area (Å²) >= 11 is 2.27. The molecule has 1 aliphatic rings. The second kappa shape index (κ2) is 7.55. The first-order valence-electron chi connectivity index (χ1n) is 7.12. The number of halogens is 2. The van der Waals surface area contributed by atoms with Crippen LogP contribution in [0.4, 0.5) is 4.39 Å². The van der Waals surface area contributed by atoms with Crippen molar-refractivity contribution in [3.63, 3.8) is 0 Å². The first-order valence-corrected chi connectivity index (χ1v) is 8.20. The van der Waals surface area contributed by atoms with Crippen molar-refractivity contribution >= 4 is 22.6 Å². The van der Waals surface area contributed by atoms with Crippen LogP contribution in [-0.4, -0.2) is 31.1 Å². The maximum absolute atomic E-state index is 14.2. The van der Waals surface area contributed by atoms with Gasteiger partial charge in [0, 0.05) is 41.4 Å². The van der Waals surface area contributed by atoms with E-state index >= 15 is 0 Å². The molecule has 2 nitrogen and oxygen atoms in total. The number of piperazine rings is 1. The van der Waals surface area contributed by atoms with Crippen molar-refractivity contribution in [3.05, 3.63) is 33.1 Å². The van der Waals surface area contributed by atoms with Crippen LogP contribution in [-0.2, 0) is 0 Å². The number of nitrogens with one attached hydrogen (secondary N) is 1. The van der Waals surface area contributed by atoms with Gasteiger partial charge in [-0.25, -0.2) is 4.39 Å². The maximum atomic E-state index is 14.2. The molecule has 1 fully saturated rings. The number of hydrogen-bond donors (Lipinski definition) is 1. The molecule has 1 saturated heterocycles. The van der Waals surface area contributed by atoms with Crippen molar-refractivity contribution in [1.82, 2.24) is 10.2 Å². The van der Waals surface area contributed by atoms with Crippen molar-refractivity contribution < 1.29 is 4.39 Å². The SMILES string of the molecule is CCCC[C@@H](c1cc(I)ccc1F)N1CCNCC1. The highest BCUT2D eigenvalue weighted by Crippen LogP contribution is 2.29. The van der Waals surface area contributed by atoms with Gasteiger partial charge in [-0.15, -0.1) is 0 Å². The van der Waals surface area contributed by atoms with E-state index in [1.807, 2.05) is 12.1 Å². The first-order chi connectivity index (χ1) is 9.22. The van der Waals surface area contributed by atoms with E-state index in [-0.39, 0.29) is 11.9 Å². The molecular weight excluding hydrogens is 354 g/mol. The van der Waals surface area contributed by atoms with E-state index in [4.69, 9.17) is 0 Å². The number of nitrogens with zero attached hydrogens (tertiary/aromatic N) is 1. The normalized spacial score (nSPS) is 18.5. The Morgan fingerprint density at radius 1 is 1.37 bits per heavy atom. The molecule has 0 radical (unpaired) electrons. The standard InChI is InChI=1S/C15H22FIN2/c1-2-3-4-15(19-9-7-18-8-10-19)13-11-12(17)5-6-14(13)16/h5-6,11,15,18H,2-4,7-10H2,1H3/t15-/m0/s1. The number of unbranched alkanes of at least 4 members (excludes halogenated alkanes) is 1. The fourth-order valence-electron chi connectivity index (χ4n) is 2.70. The molecule has 1 aromatic carbocycles. The van der Waals surface area contributed by atoms with E-state index < -0.39 is 0 Å². The van der Waals surface area contributed by atoms with Crippen molar-refractivity contribution in [1.29, 1.82) is 0 Å². The van der Waals surface area contributed by atoms with Crippen LogP contribution in [0.3, 0.4) is 0 Å². The second-order valence-electron chi connectivity index (χ2n) is 5.11. The molecule has 0 unspecified atom stereocenters. The minimum absolute atomic E-state index is 0.0555. The maximum Gasteiger partial charge on any atom is 0.128 e. The van der Waals surface area contributed by atoms with Gasteiger partial charge in [0.15, 0.2) is 0 Å². The van der Waals surface area contributed by atoms with E-state index in [2.05, 4.69) is 39.7 Å². The van der Waals surface area contributed by atoms with Crippen LogP contribution in [0.15, 0.2) is 18.2 Å². The molecule has 0 saturated carbocycles.